The van der Waals surface area contributed by atoms with Crippen LogP contribution in [0.1, 0.15) is 36.9 Å². The van der Waals surface area contributed by atoms with Gasteiger partial charge in [0.25, 0.3) is 17.4 Å². The second kappa shape index (κ2) is 10.9. The Morgan fingerprint density at radius 3 is 2.61 bits per heavy atom. The van der Waals surface area contributed by atoms with Crippen molar-refractivity contribution in [1.29, 1.82) is 0 Å². The molecule has 1 N–H and O–H groups in total. The first kappa shape index (κ1) is 24.6. The van der Waals surface area contributed by atoms with Gasteiger partial charge in [0.05, 0.1) is 29.5 Å². The van der Waals surface area contributed by atoms with Crippen LogP contribution in [-0.2, 0) is 16.1 Å². The van der Waals surface area contributed by atoms with Crippen LogP contribution >= 0.6 is 0 Å². The number of Topliss-reactive ketones (excluding diaryl/α,β-unsaturated/α-hetero) is 1. The number of imidazole rings is 1. The first-order valence-electron chi connectivity index (χ1n) is 11.6. The second-order valence-corrected chi connectivity index (χ2v) is 8.37. The minimum Gasteiger partial charge on any atom is -0.507 e. The number of aryl methyl sites for hydroxylation is 1. The molecule has 0 bridgehead atoms. The number of ether oxygens (including phenoxy) is 1. The van der Waals surface area contributed by atoms with Crippen molar-refractivity contribution in [2.75, 3.05) is 13.2 Å². The van der Waals surface area contributed by atoms with Gasteiger partial charge in [0, 0.05) is 43.2 Å². The van der Waals surface area contributed by atoms with Gasteiger partial charge < -0.3 is 19.3 Å². The smallest absolute Gasteiger partial charge is 0.295 e. The largest absolute Gasteiger partial charge is 0.507 e. The van der Waals surface area contributed by atoms with Crippen LogP contribution in [0.2, 0.25) is 0 Å². The monoisotopic (exact) mass is 490 g/mol. The molecule has 0 spiro atoms. The molecule has 10 nitrogen and oxygen atoms in total. The lowest BCUT2D eigenvalue weighted by Gasteiger charge is -2.25. The Labute approximate surface area is 207 Å². The van der Waals surface area contributed by atoms with E-state index in [9.17, 15) is 24.8 Å². The average Bonchev–Trinajstić information content (AvgIpc) is 3.49. The molecule has 2 aromatic carbocycles. The Bertz CT molecular complexity index is 1280. The van der Waals surface area contributed by atoms with Gasteiger partial charge in [-0.2, -0.15) is 0 Å². The molecule has 1 aromatic heterocycles. The molecular weight excluding hydrogens is 464 g/mol. The fourth-order valence-corrected chi connectivity index (χ4v) is 4.19. The number of carbonyl (C=O) groups is 2. The van der Waals surface area contributed by atoms with E-state index in [1.807, 2.05) is 11.5 Å². The van der Waals surface area contributed by atoms with E-state index in [-0.39, 0.29) is 23.6 Å². The molecule has 1 atom stereocenters. The summed E-state index contributed by atoms with van der Waals surface area (Å²) in [5.41, 5.74) is 0.648. The third-order valence-corrected chi connectivity index (χ3v) is 5.91. The summed E-state index contributed by atoms with van der Waals surface area (Å²) in [6.07, 6.45) is 6.46. The van der Waals surface area contributed by atoms with Crippen molar-refractivity contribution >= 4 is 23.1 Å². The van der Waals surface area contributed by atoms with Gasteiger partial charge in [0.1, 0.15) is 11.5 Å². The number of ketones is 1. The summed E-state index contributed by atoms with van der Waals surface area (Å²) in [6, 6.07) is 11.4. The van der Waals surface area contributed by atoms with Gasteiger partial charge in [-0.05, 0) is 42.7 Å². The molecule has 4 rings (SSSR count). The van der Waals surface area contributed by atoms with E-state index in [4.69, 9.17) is 4.74 Å². The van der Waals surface area contributed by atoms with Gasteiger partial charge in [0.15, 0.2) is 0 Å². The molecule has 36 heavy (non-hydrogen) atoms. The first-order valence-corrected chi connectivity index (χ1v) is 11.6. The number of amides is 1. The van der Waals surface area contributed by atoms with Crippen LogP contribution in [0.3, 0.4) is 0 Å². The zero-order valence-corrected chi connectivity index (χ0v) is 19.7. The van der Waals surface area contributed by atoms with Crippen LogP contribution in [0.5, 0.6) is 5.75 Å². The molecule has 1 unspecified atom stereocenters. The number of hydrogen-bond acceptors (Lipinski definition) is 7. The summed E-state index contributed by atoms with van der Waals surface area (Å²) >= 11 is 0. The van der Waals surface area contributed by atoms with Crippen LogP contribution in [0.25, 0.3) is 5.76 Å². The predicted molar refractivity (Wildman–Crippen MR) is 131 cm³/mol. The second-order valence-electron chi connectivity index (χ2n) is 8.37. The number of rotatable bonds is 10. The van der Waals surface area contributed by atoms with Gasteiger partial charge >= 0.3 is 0 Å². The highest BCUT2D eigenvalue weighted by molar-refractivity contribution is 6.46. The van der Waals surface area contributed by atoms with Crippen LogP contribution in [0.4, 0.5) is 5.69 Å². The summed E-state index contributed by atoms with van der Waals surface area (Å²) < 4.78 is 7.51. The van der Waals surface area contributed by atoms with Crippen molar-refractivity contribution < 1.29 is 24.4 Å². The normalized spacial score (nSPS) is 16.9. The van der Waals surface area contributed by atoms with Crippen molar-refractivity contribution in [1.82, 2.24) is 14.5 Å². The van der Waals surface area contributed by atoms with Crippen LogP contribution in [0.15, 0.2) is 72.8 Å². The Kier molecular flexibility index (Phi) is 7.43. The fourth-order valence-electron chi connectivity index (χ4n) is 4.19. The number of benzene rings is 2. The molecule has 1 aliphatic heterocycles. The van der Waals surface area contributed by atoms with E-state index in [2.05, 4.69) is 4.98 Å². The topological polar surface area (TPSA) is 128 Å². The summed E-state index contributed by atoms with van der Waals surface area (Å²) in [4.78, 5) is 42.3. The SMILES string of the molecule is CCCOc1cccc(C(O)=C2C(=O)C(=O)N(CCCn3ccnc3)C2c2ccc([N+](=O)[O-])cc2)c1. The molecule has 10 heteroatoms. The molecule has 3 aromatic rings. The van der Waals surface area contributed by atoms with Gasteiger partial charge in [0.2, 0.25) is 0 Å². The summed E-state index contributed by atoms with van der Waals surface area (Å²) in [6.45, 7) is 3.28. The van der Waals surface area contributed by atoms with E-state index in [0.29, 0.717) is 36.4 Å². The van der Waals surface area contributed by atoms with Crippen LogP contribution < -0.4 is 4.74 Å². The van der Waals surface area contributed by atoms with Crippen molar-refractivity contribution in [3.63, 3.8) is 0 Å². The number of non-ortho nitro benzene ring substituents is 1. The molecule has 1 aliphatic rings. The molecule has 186 valence electrons. The van der Waals surface area contributed by atoms with E-state index in [0.717, 1.165) is 6.42 Å². The predicted octanol–water partition coefficient (Wildman–Crippen LogP) is 4.09. The number of aliphatic hydroxyl groups excluding tert-OH is 1. The quantitative estimate of drug-likeness (QED) is 0.149. The van der Waals surface area contributed by atoms with E-state index in [1.165, 1.54) is 29.2 Å². The minimum absolute atomic E-state index is 0.0656. The summed E-state index contributed by atoms with van der Waals surface area (Å²) in [7, 11) is 0. The number of nitro benzene ring substituents is 1. The molecule has 2 heterocycles. The maximum atomic E-state index is 13.2. The molecule has 1 fully saturated rings. The lowest BCUT2D eigenvalue weighted by molar-refractivity contribution is -0.384. The highest BCUT2D eigenvalue weighted by atomic mass is 16.6. The standard InChI is InChI=1S/C26H26N4O6/c1-2-15-36-21-6-3-5-19(16-21)24(31)22-23(18-7-9-20(10-8-18)30(34)35)29(26(33)25(22)32)13-4-12-28-14-11-27-17-28/h3,5-11,14,16-17,23,31H,2,4,12-13,15H2,1H3. The summed E-state index contributed by atoms with van der Waals surface area (Å²) in [5.74, 6) is -1.33. The van der Waals surface area contributed by atoms with Gasteiger partial charge in [-0.15, -0.1) is 0 Å². The number of aromatic nitrogens is 2. The Hall–Kier alpha value is -4.47. The van der Waals surface area contributed by atoms with E-state index < -0.39 is 22.7 Å². The van der Waals surface area contributed by atoms with Gasteiger partial charge in [-0.1, -0.05) is 19.1 Å². The molecular formula is C26H26N4O6. The van der Waals surface area contributed by atoms with Gasteiger partial charge in [-0.25, -0.2) is 4.98 Å². The number of aliphatic hydroxyl groups is 1. The van der Waals surface area contributed by atoms with Crippen LogP contribution in [0, 0.1) is 10.1 Å². The minimum atomic E-state index is -0.895. The van der Waals surface area contributed by atoms with Crippen molar-refractivity contribution in [2.24, 2.45) is 0 Å². The molecule has 0 saturated carbocycles. The Morgan fingerprint density at radius 2 is 1.94 bits per heavy atom. The molecule has 1 saturated heterocycles. The number of nitrogens with zero attached hydrogens (tertiary/aromatic N) is 4. The number of likely N-dealkylation sites (tertiary alicyclic amines) is 1. The number of hydrogen-bond donors (Lipinski definition) is 1. The maximum Gasteiger partial charge on any atom is 0.295 e. The number of carbonyl (C=O) groups excluding carboxylic acids is 2. The average molecular weight is 491 g/mol. The van der Waals surface area contributed by atoms with Crippen LogP contribution in [-0.4, -0.2) is 49.3 Å². The van der Waals surface area contributed by atoms with E-state index in [1.54, 1.807) is 43.0 Å². The zero-order chi connectivity index (χ0) is 25.7. The fraction of sp³-hybridized carbons (Fsp3) is 0.269. The van der Waals surface area contributed by atoms with E-state index >= 15 is 0 Å². The maximum absolute atomic E-state index is 13.2. The zero-order valence-electron chi connectivity index (χ0n) is 19.7. The summed E-state index contributed by atoms with van der Waals surface area (Å²) in [5, 5.41) is 22.4. The number of nitro groups is 1. The highest BCUT2D eigenvalue weighted by Gasteiger charge is 2.45. The first-order chi connectivity index (χ1) is 17.4. The van der Waals surface area contributed by atoms with Crippen molar-refractivity contribution in [3.8, 4) is 5.75 Å². The molecule has 1 amide bonds. The molecule has 0 radical (unpaired) electrons. The lowest BCUT2D eigenvalue weighted by Crippen LogP contribution is -2.31. The Morgan fingerprint density at radius 1 is 1.17 bits per heavy atom. The lowest BCUT2D eigenvalue weighted by atomic mass is 9.95. The molecule has 0 aliphatic carbocycles. The van der Waals surface area contributed by atoms with Crippen molar-refractivity contribution in [2.45, 2.75) is 32.4 Å². The van der Waals surface area contributed by atoms with Crippen molar-refractivity contribution in [3.05, 3.63) is 94.1 Å². The third kappa shape index (κ3) is 5.12. The third-order valence-electron chi connectivity index (χ3n) is 5.91. The highest BCUT2D eigenvalue weighted by Crippen LogP contribution is 2.40. The Balaban J connectivity index is 1.73. The van der Waals surface area contributed by atoms with Gasteiger partial charge in [-0.3, -0.25) is 19.7 Å².